The minimum atomic E-state index is -4.59. The van der Waals surface area contributed by atoms with E-state index in [4.69, 9.17) is 0 Å². The van der Waals surface area contributed by atoms with Gasteiger partial charge in [-0.1, -0.05) is 72.8 Å². The van der Waals surface area contributed by atoms with Crippen molar-refractivity contribution in [3.8, 4) is 0 Å². The second kappa shape index (κ2) is 19.1. The van der Waals surface area contributed by atoms with E-state index in [1.807, 2.05) is 9.44 Å². The molecule has 8 rings (SSSR count). The van der Waals surface area contributed by atoms with Gasteiger partial charge in [-0.3, -0.25) is 19.2 Å². The average Bonchev–Trinajstić information content (AvgIpc) is 4.16. The van der Waals surface area contributed by atoms with Gasteiger partial charge in [0, 0.05) is 32.1 Å². The molecular weight excluding hydrogens is 951 g/mol. The minimum absolute atomic E-state index is 0.0110. The number of hydrogen-bond donors (Lipinski definition) is 2. The van der Waals surface area contributed by atoms with Crippen LogP contribution < -0.4 is 9.44 Å². The molecule has 2 aliphatic heterocycles. The average molecular weight is 995 g/mol. The number of piperidine rings is 2. The first-order valence-electron chi connectivity index (χ1n) is 22.0. The quantitative estimate of drug-likeness (QED) is 0.124. The van der Waals surface area contributed by atoms with E-state index in [2.05, 4.69) is 0 Å². The van der Waals surface area contributed by atoms with Crippen LogP contribution in [-0.2, 0) is 32.4 Å². The number of sulfonamides is 2. The fourth-order valence-corrected chi connectivity index (χ4v) is 11.9. The molecule has 2 unspecified atom stereocenters. The Morgan fingerprint density at radius 3 is 1.45 bits per heavy atom. The second-order valence-corrected chi connectivity index (χ2v) is 20.8. The molecule has 20 heteroatoms. The van der Waals surface area contributed by atoms with Gasteiger partial charge in [0.25, 0.3) is 33.7 Å². The van der Waals surface area contributed by atoms with Crippen LogP contribution in [0.25, 0.3) is 0 Å². The van der Waals surface area contributed by atoms with Gasteiger partial charge in [0.05, 0.1) is 43.5 Å². The monoisotopic (exact) mass is 994 g/mol. The molecule has 0 spiro atoms. The highest BCUT2D eigenvalue weighted by Crippen LogP contribution is 2.47. The third-order valence-corrected chi connectivity index (χ3v) is 16.1. The first-order chi connectivity index (χ1) is 32.6. The van der Waals surface area contributed by atoms with E-state index in [-0.39, 0.29) is 96.6 Å². The Morgan fingerprint density at radius 1 is 0.507 bits per heavy atom. The molecule has 4 amide bonds. The fraction of sp³-hybridized carbons (Fsp3) is 0.306. The van der Waals surface area contributed by atoms with Crippen LogP contribution in [0.4, 0.5) is 26.3 Å². The second-order valence-electron chi connectivity index (χ2n) is 17.3. The molecule has 2 N–H and O–H groups in total. The Kier molecular flexibility index (Phi) is 13.5. The van der Waals surface area contributed by atoms with E-state index in [1.54, 1.807) is 6.07 Å². The Morgan fingerprint density at radius 2 is 0.942 bits per heavy atom. The lowest BCUT2D eigenvalue weighted by Crippen LogP contribution is -2.40. The molecule has 2 heterocycles. The zero-order valence-electron chi connectivity index (χ0n) is 36.5. The van der Waals surface area contributed by atoms with Gasteiger partial charge in [-0.05, 0) is 109 Å². The standard InChI is InChI=1S/C49H44F6N4O8S2/c50-48(51,52)41-16-8-6-12-34(41)30-20-24-58(25-21-30)46(62)37-15-5-4-14-36(37)44(60)57-69(66,67)43-29-39(43)32-18-19-38(40(28-32)45(61)56-68(64,65)33-10-2-1-3-11-33)47(63)59-26-22-31(23-27-59)35-13-7-9-17-42(35)49(53,54)55/h1-19,28,30-31,39,43H,20-27,29H2,(H,56,61)(H,57,60). The molecule has 0 aromatic heterocycles. The molecule has 5 aromatic carbocycles. The smallest absolute Gasteiger partial charge is 0.339 e. The molecule has 5 aromatic rings. The first kappa shape index (κ1) is 48.9. The number of nitrogens with one attached hydrogen (secondary N) is 2. The van der Waals surface area contributed by atoms with Crippen molar-refractivity contribution in [3.05, 3.63) is 171 Å². The summed E-state index contributed by atoms with van der Waals surface area (Å²) in [6.07, 6.45) is -8.44. The SMILES string of the molecule is O=C(NS(=O)(=O)c1ccccc1)c1cc(C2CC2S(=O)(=O)NC(=O)c2ccccc2C(=O)N2CCC(c3ccccc3C(F)(F)F)CC2)ccc1C(=O)N1CCC(c2ccccc2C(F)(F)F)CC1. The normalized spacial score (nSPS) is 18.3. The molecule has 12 nitrogen and oxygen atoms in total. The number of likely N-dealkylation sites (tertiary alicyclic amines) is 2. The number of carbonyl (C=O) groups excluding carboxylic acids is 4. The highest BCUT2D eigenvalue weighted by Gasteiger charge is 2.49. The zero-order valence-corrected chi connectivity index (χ0v) is 38.1. The molecule has 0 radical (unpaired) electrons. The Hall–Kier alpha value is -6.54. The fourth-order valence-electron chi connectivity index (χ4n) is 9.35. The molecule has 362 valence electrons. The van der Waals surface area contributed by atoms with E-state index in [1.165, 1.54) is 113 Å². The van der Waals surface area contributed by atoms with Crippen LogP contribution in [-0.4, -0.2) is 81.7 Å². The molecule has 1 saturated carbocycles. The van der Waals surface area contributed by atoms with E-state index in [0.29, 0.717) is 0 Å². The van der Waals surface area contributed by atoms with Crippen molar-refractivity contribution in [1.82, 2.24) is 19.2 Å². The molecule has 2 atom stereocenters. The summed E-state index contributed by atoms with van der Waals surface area (Å²) in [4.78, 5) is 58.0. The van der Waals surface area contributed by atoms with Crippen molar-refractivity contribution < 1.29 is 62.4 Å². The van der Waals surface area contributed by atoms with Crippen molar-refractivity contribution in [1.29, 1.82) is 0 Å². The molecule has 69 heavy (non-hydrogen) atoms. The lowest BCUT2D eigenvalue weighted by atomic mass is 9.86. The lowest BCUT2D eigenvalue weighted by Gasteiger charge is -2.33. The van der Waals surface area contributed by atoms with Gasteiger partial charge in [-0.25, -0.2) is 26.3 Å². The summed E-state index contributed by atoms with van der Waals surface area (Å²) in [5.74, 6) is -5.49. The number of alkyl halides is 6. The van der Waals surface area contributed by atoms with E-state index in [0.717, 1.165) is 12.1 Å². The maximum atomic E-state index is 14.1. The molecule has 1 aliphatic carbocycles. The summed E-state index contributed by atoms with van der Waals surface area (Å²) in [7, 11) is -8.98. The van der Waals surface area contributed by atoms with Crippen molar-refractivity contribution in [2.24, 2.45) is 0 Å². The summed E-state index contributed by atoms with van der Waals surface area (Å²) >= 11 is 0. The van der Waals surface area contributed by atoms with E-state index >= 15 is 0 Å². The van der Waals surface area contributed by atoms with Gasteiger partial charge in [0.2, 0.25) is 10.0 Å². The summed E-state index contributed by atoms with van der Waals surface area (Å²) in [6, 6.07) is 26.8. The number of benzene rings is 5. The van der Waals surface area contributed by atoms with Crippen molar-refractivity contribution in [3.63, 3.8) is 0 Å². The number of hydrogen-bond acceptors (Lipinski definition) is 8. The van der Waals surface area contributed by atoms with Crippen LogP contribution in [0.15, 0.2) is 126 Å². The van der Waals surface area contributed by atoms with Gasteiger partial charge in [0.1, 0.15) is 0 Å². The van der Waals surface area contributed by atoms with E-state index < -0.39 is 95.7 Å². The van der Waals surface area contributed by atoms with Crippen LogP contribution in [0, 0.1) is 0 Å². The number of rotatable bonds is 11. The molecular formula is C49H44F6N4O8S2. The summed E-state index contributed by atoms with van der Waals surface area (Å²) in [5, 5.41) is -1.24. The van der Waals surface area contributed by atoms with Crippen LogP contribution >= 0.6 is 0 Å². The Balaban J connectivity index is 0.978. The van der Waals surface area contributed by atoms with Gasteiger partial charge in [-0.2, -0.15) is 26.3 Å². The topological polar surface area (TPSA) is 167 Å². The third kappa shape index (κ3) is 10.6. The van der Waals surface area contributed by atoms with Gasteiger partial charge < -0.3 is 9.80 Å². The predicted molar refractivity (Wildman–Crippen MR) is 240 cm³/mol. The van der Waals surface area contributed by atoms with Crippen LogP contribution in [0.1, 0.15) is 119 Å². The lowest BCUT2D eigenvalue weighted by molar-refractivity contribution is -0.139. The van der Waals surface area contributed by atoms with Gasteiger partial charge in [0.15, 0.2) is 0 Å². The van der Waals surface area contributed by atoms with Crippen LogP contribution in [0.5, 0.6) is 0 Å². The summed E-state index contributed by atoms with van der Waals surface area (Å²) in [5.41, 5.74) is -2.10. The number of amides is 4. The number of carbonyl (C=O) groups is 4. The molecule has 3 fully saturated rings. The van der Waals surface area contributed by atoms with Crippen LogP contribution in [0.3, 0.4) is 0 Å². The largest absolute Gasteiger partial charge is 0.416 e. The minimum Gasteiger partial charge on any atom is -0.339 e. The maximum Gasteiger partial charge on any atom is 0.416 e. The van der Waals surface area contributed by atoms with Crippen molar-refractivity contribution in [2.75, 3.05) is 26.2 Å². The molecule has 2 saturated heterocycles. The highest BCUT2D eigenvalue weighted by atomic mass is 32.2. The molecule has 0 bridgehead atoms. The summed E-state index contributed by atoms with van der Waals surface area (Å²) in [6.45, 7) is 0.179. The zero-order chi connectivity index (χ0) is 49.5. The highest BCUT2D eigenvalue weighted by molar-refractivity contribution is 7.91. The number of nitrogens with zero attached hydrogens (tertiary/aromatic N) is 2. The Bertz CT molecular complexity index is 3020. The van der Waals surface area contributed by atoms with Crippen molar-refractivity contribution in [2.45, 2.75) is 72.4 Å². The number of halogens is 6. The molecule has 3 aliphatic rings. The Labute approximate surface area is 393 Å². The van der Waals surface area contributed by atoms with Gasteiger partial charge in [-0.15, -0.1) is 0 Å². The first-order valence-corrected chi connectivity index (χ1v) is 25.0. The maximum absolute atomic E-state index is 14.1. The van der Waals surface area contributed by atoms with Gasteiger partial charge >= 0.3 is 12.4 Å². The predicted octanol–water partition coefficient (Wildman–Crippen LogP) is 8.50. The summed E-state index contributed by atoms with van der Waals surface area (Å²) < 4.78 is 141. The van der Waals surface area contributed by atoms with E-state index in [9.17, 15) is 62.4 Å². The third-order valence-electron chi connectivity index (χ3n) is 13.0. The van der Waals surface area contributed by atoms with Crippen molar-refractivity contribution >= 4 is 43.7 Å². The van der Waals surface area contributed by atoms with Crippen LogP contribution in [0.2, 0.25) is 0 Å².